The first kappa shape index (κ1) is 17.7. The van der Waals surface area contributed by atoms with Crippen molar-refractivity contribution in [2.24, 2.45) is 0 Å². The van der Waals surface area contributed by atoms with E-state index in [0.29, 0.717) is 13.2 Å². The number of esters is 2. The molecule has 4 heteroatoms. The zero-order valence-electron chi connectivity index (χ0n) is 13.1. The monoisotopic (exact) mass is 302 g/mol. The van der Waals surface area contributed by atoms with Gasteiger partial charge in [0.2, 0.25) is 0 Å². The average molecular weight is 302 g/mol. The van der Waals surface area contributed by atoms with Crippen LogP contribution in [0.2, 0.25) is 0 Å². The van der Waals surface area contributed by atoms with E-state index in [4.69, 9.17) is 9.47 Å². The highest BCUT2D eigenvalue weighted by Crippen LogP contribution is 2.22. The van der Waals surface area contributed by atoms with Gasteiger partial charge in [-0.2, -0.15) is 0 Å². The van der Waals surface area contributed by atoms with Gasteiger partial charge in [0.15, 0.2) is 0 Å². The molecule has 0 radical (unpaired) electrons. The molecule has 0 N–H and O–H groups in total. The molecule has 0 saturated heterocycles. The molecule has 0 aliphatic carbocycles. The van der Waals surface area contributed by atoms with E-state index in [0.717, 1.165) is 23.3 Å². The lowest BCUT2D eigenvalue weighted by Gasteiger charge is -2.16. The molecule has 0 aliphatic heterocycles. The van der Waals surface area contributed by atoms with E-state index in [2.05, 4.69) is 13.2 Å². The molecule has 0 amide bonds. The molecule has 4 nitrogen and oxygen atoms in total. The van der Waals surface area contributed by atoms with Crippen molar-refractivity contribution in [3.63, 3.8) is 0 Å². The SMILES string of the molecule is C=CC(=O)OCC(C)c1cccc(C(C)COC(=O)C=C)c1. The Morgan fingerprint density at radius 3 is 1.77 bits per heavy atom. The Bertz CT molecular complexity index is 503. The summed E-state index contributed by atoms with van der Waals surface area (Å²) in [5, 5.41) is 0. The fourth-order valence-corrected chi connectivity index (χ4v) is 1.90. The third kappa shape index (κ3) is 5.56. The van der Waals surface area contributed by atoms with E-state index < -0.39 is 11.9 Å². The highest BCUT2D eigenvalue weighted by molar-refractivity contribution is 5.81. The fraction of sp³-hybridized carbons (Fsp3) is 0.333. The molecule has 22 heavy (non-hydrogen) atoms. The summed E-state index contributed by atoms with van der Waals surface area (Å²) in [4.78, 5) is 22.2. The Morgan fingerprint density at radius 2 is 1.41 bits per heavy atom. The average Bonchev–Trinajstić information content (AvgIpc) is 2.56. The minimum atomic E-state index is -0.423. The molecule has 1 rings (SSSR count). The van der Waals surface area contributed by atoms with Gasteiger partial charge in [0, 0.05) is 24.0 Å². The highest BCUT2D eigenvalue weighted by Gasteiger charge is 2.12. The molecule has 1 aromatic rings. The summed E-state index contributed by atoms with van der Waals surface area (Å²) in [5.74, 6) is -0.695. The van der Waals surface area contributed by atoms with Crippen LogP contribution in [0.5, 0.6) is 0 Å². The van der Waals surface area contributed by atoms with Gasteiger partial charge in [0.25, 0.3) is 0 Å². The quantitative estimate of drug-likeness (QED) is 0.546. The number of rotatable bonds is 8. The van der Waals surface area contributed by atoms with Crippen LogP contribution in [0, 0.1) is 0 Å². The van der Waals surface area contributed by atoms with Crippen LogP contribution in [-0.4, -0.2) is 25.2 Å². The van der Waals surface area contributed by atoms with Gasteiger partial charge < -0.3 is 9.47 Å². The van der Waals surface area contributed by atoms with Gasteiger partial charge in [-0.1, -0.05) is 51.3 Å². The number of hydrogen-bond acceptors (Lipinski definition) is 4. The summed E-state index contributed by atoms with van der Waals surface area (Å²) in [7, 11) is 0. The second-order valence-electron chi connectivity index (χ2n) is 5.14. The molecule has 118 valence electrons. The normalized spacial score (nSPS) is 12.8. The number of hydrogen-bond donors (Lipinski definition) is 0. The molecule has 2 atom stereocenters. The second-order valence-corrected chi connectivity index (χ2v) is 5.14. The van der Waals surface area contributed by atoms with E-state index in [1.807, 2.05) is 38.1 Å². The predicted molar refractivity (Wildman–Crippen MR) is 85.6 cm³/mol. The van der Waals surface area contributed by atoms with Crippen molar-refractivity contribution >= 4 is 11.9 Å². The topological polar surface area (TPSA) is 52.6 Å². The lowest BCUT2D eigenvalue weighted by molar-refractivity contribution is -0.139. The van der Waals surface area contributed by atoms with Crippen molar-refractivity contribution in [2.75, 3.05) is 13.2 Å². The maximum absolute atomic E-state index is 11.1. The lowest BCUT2D eigenvalue weighted by atomic mass is 9.95. The van der Waals surface area contributed by atoms with E-state index >= 15 is 0 Å². The Kier molecular flexibility index (Phi) is 7.09. The minimum absolute atomic E-state index is 0.0757. The minimum Gasteiger partial charge on any atom is -0.462 e. The van der Waals surface area contributed by atoms with Gasteiger partial charge in [-0.05, 0) is 11.1 Å². The molecular formula is C18H22O4. The van der Waals surface area contributed by atoms with Crippen molar-refractivity contribution in [3.05, 3.63) is 60.7 Å². The molecular weight excluding hydrogens is 280 g/mol. The first-order valence-corrected chi connectivity index (χ1v) is 7.16. The van der Waals surface area contributed by atoms with Gasteiger partial charge >= 0.3 is 11.9 Å². The van der Waals surface area contributed by atoms with E-state index in [9.17, 15) is 9.59 Å². The zero-order valence-corrected chi connectivity index (χ0v) is 13.1. The predicted octanol–water partition coefficient (Wildman–Crippen LogP) is 3.35. The molecule has 0 fully saturated rings. The lowest BCUT2D eigenvalue weighted by Crippen LogP contribution is -2.11. The van der Waals surface area contributed by atoms with Crippen LogP contribution in [-0.2, 0) is 19.1 Å². The third-order valence-corrected chi connectivity index (χ3v) is 3.33. The van der Waals surface area contributed by atoms with Crippen LogP contribution >= 0.6 is 0 Å². The molecule has 0 bridgehead atoms. The van der Waals surface area contributed by atoms with E-state index in [1.165, 1.54) is 0 Å². The maximum Gasteiger partial charge on any atom is 0.330 e. The van der Waals surface area contributed by atoms with Gasteiger partial charge in [-0.15, -0.1) is 0 Å². The standard InChI is InChI=1S/C18H22O4/c1-5-17(19)21-11-13(3)15-8-7-9-16(10-15)14(4)12-22-18(20)6-2/h5-10,13-14H,1-2,11-12H2,3-4H3. The number of carbonyl (C=O) groups excluding carboxylic acids is 2. The smallest absolute Gasteiger partial charge is 0.330 e. The van der Waals surface area contributed by atoms with Crippen molar-refractivity contribution in [3.8, 4) is 0 Å². The van der Waals surface area contributed by atoms with Crippen LogP contribution < -0.4 is 0 Å². The molecule has 1 aromatic carbocycles. The molecule has 2 unspecified atom stereocenters. The van der Waals surface area contributed by atoms with Crippen LogP contribution in [0.4, 0.5) is 0 Å². The number of benzene rings is 1. The van der Waals surface area contributed by atoms with Gasteiger partial charge in [0.1, 0.15) is 0 Å². The van der Waals surface area contributed by atoms with Crippen molar-refractivity contribution in [1.29, 1.82) is 0 Å². The van der Waals surface area contributed by atoms with Gasteiger partial charge in [0.05, 0.1) is 13.2 Å². The van der Waals surface area contributed by atoms with Gasteiger partial charge in [-0.25, -0.2) is 9.59 Å². The first-order chi connectivity index (χ1) is 10.5. The maximum atomic E-state index is 11.1. The summed E-state index contributed by atoms with van der Waals surface area (Å²) in [6, 6.07) is 7.96. The Labute approximate surface area is 131 Å². The van der Waals surface area contributed by atoms with Gasteiger partial charge in [-0.3, -0.25) is 0 Å². The molecule has 0 aromatic heterocycles. The van der Waals surface area contributed by atoms with Crippen LogP contribution in [0.15, 0.2) is 49.6 Å². The largest absolute Gasteiger partial charge is 0.462 e. The van der Waals surface area contributed by atoms with E-state index in [1.54, 1.807) is 0 Å². The molecule has 0 spiro atoms. The van der Waals surface area contributed by atoms with Crippen LogP contribution in [0.25, 0.3) is 0 Å². The Morgan fingerprint density at radius 1 is 1.00 bits per heavy atom. The van der Waals surface area contributed by atoms with Crippen molar-refractivity contribution in [2.45, 2.75) is 25.7 Å². The summed E-state index contributed by atoms with van der Waals surface area (Å²) >= 11 is 0. The Hall–Kier alpha value is -2.36. The van der Waals surface area contributed by atoms with Crippen LogP contribution in [0.3, 0.4) is 0 Å². The number of carbonyl (C=O) groups is 2. The zero-order chi connectivity index (χ0) is 16.5. The van der Waals surface area contributed by atoms with Crippen LogP contribution in [0.1, 0.15) is 36.8 Å². The second kappa shape index (κ2) is 8.82. The summed E-state index contributed by atoms with van der Waals surface area (Å²) in [6.45, 7) is 11.3. The fourth-order valence-electron chi connectivity index (χ4n) is 1.90. The summed E-state index contributed by atoms with van der Waals surface area (Å²) in [6.07, 6.45) is 2.30. The molecule has 0 aliphatic rings. The third-order valence-electron chi connectivity index (χ3n) is 3.33. The molecule has 0 saturated carbocycles. The Balaban J connectivity index is 2.67. The first-order valence-electron chi connectivity index (χ1n) is 7.16. The number of ether oxygens (including phenoxy) is 2. The summed E-state index contributed by atoms with van der Waals surface area (Å²) in [5.41, 5.74) is 2.13. The van der Waals surface area contributed by atoms with E-state index in [-0.39, 0.29) is 11.8 Å². The summed E-state index contributed by atoms with van der Waals surface area (Å²) < 4.78 is 10.1. The van der Waals surface area contributed by atoms with Crippen molar-refractivity contribution < 1.29 is 19.1 Å². The molecule has 0 heterocycles. The highest BCUT2D eigenvalue weighted by atomic mass is 16.5. The van der Waals surface area contributed by atoms with Crippen molar-refractivity contribution in [1.82, 2.24) is 0 Å².